The first-order chi connectivity index (χ1) is 6.95. The fraction of sp³-hybridized carbons (Fsp3) is 1.00. The van der Waals surface area contributed by atoms with Gasteiger partial charge in [-0.1, -0.05) is 0 Å². The fourth-order valence-corrected chi connectivity index (χ4v) is 2.56. The van der Waals surface area contributed by atoms with E-state index in [2.05, 4.69) is 11.8 Å². The molecule has 3 heteroatoms. The highest BCUT2D eigenvalue weighted by molar-refractivity contribution is 7.99. The Bertz CT molecular complexity index is 137. The monoisotopic (exact) mass is 216 g/mol. The molecule has 2 fully saturated rings. The van der Waals surface area contributed by atoms with Crippen LogP contribution in [0.3, 0.4) is 0 Å². The highest BCUT2D eigenvalue weighted by Crippen LogP contribution is 2.32. The summed E-state index contributed by atoms with van der Waals surface area (Å²) in [5, 5.41) is 0. The quantitative estimate of drug-likeness (QED) is 0.436. The number of hydrogen-bond acceptors (Lipinski definition) is 3. The molecule has 2 nitrogen and oxygen atoms in total. The van der Waals surface area contributed by atoms with Crippen molar-refractivity contribution in [3.05, 3.63) is 0 Å². The molecule has 2 rings (SSSR count). The molecule has 1 aliphatic heterocycles. The molecular formula is C11H20O2S. The van der Waals surface area contributed by atoms with Crippen molar-refractivity contribution in [2.24, 2.45) is 5.92 Å². The molecule has 1 saturated heterocycles. The van der Waals surface area contributed by atoms with Crippen LogP contribution in [0.25, 0.3) is 0 Å². The topological polar surface area (TPSA) is 21.8 Å². The van der Waals surface area contributed by atoms with Gasteiger partial charge in [-0.15, -0.1) is 0 Å². The standard InChI is InChI=1S/C11H20O2S/c1(5-12-7-11-8-13-11)2-6-14-9-10-3-4-10/h10-11H,1-9H2. The largest absolute Gasteiger partial charge is 0.379 e. The predicted molar refractivity (Wildman–Crippen MR) is 59.8 cm³/mol. The molecule has 1 saturated carbocycles. The maximum absolute atomic E-state index is 5.46. The van der Waals surface area contributed by atoms with Crippen LogP contribution in [0.5, 0.6) is 0 Å². The molecule has 0 N–H and O–H groups in total. The summed E-state index contributed by atoms with van der Waals surface area (Å²) >= 11 is 2.12. The first-order valence-corrected chi connectivity index (χ1v) is 6.88. The summed E-state index contributed by atoms with van der Waals surface area (Å²) in [4.78, 5) is 0. The lowest BCUT2D eigenvalue weighted by Crippen LogP contribution is -2.02. The molecule has 1 unspecified atom stereocenters. The summed E-state index contributed by atoms with van der Waals surface area (Å²) in [7, 11) is 0. The van der Waals surface area contributed by atoms with Crippen molar-refractivity contribution >= 4 is 11.8 Å². The molecule has 1 atom stereocenters. The van der Waals surface area contributed by atoms with Gasteiger partial charge >= 0.3 is 0 Å². The van der Waals surface area contributed by atoms with E-state index in [0.29, 0.717) is 6.10 Å². The molecule has 0 aromatic rings. The van der Waals surface area contributed by atoms with Crippen LogP contribution >= 0.6 is 11.8 Å². The Morgan fingerprint density at radius 2 is 2.14 bits per heavy atom. The fourth-order valence-electron chi connectivity index (χ4n) is 1.32. The van der Waals surface area contributed by atoms with Crippen LogP contribution in [-0.2, 0) is 9.47 Å². The third-order valence-electron chi connectivity index (χ3n) is 2.58. The second kappa shape index (κ2) is 5.99. The Labute approximate surface area is 90.7 Å². The van der Waals surface area contributed by atoms with Crippen molar-refractivity contribution in [2.45, 2.75) is 31.8 Å². The summed E-state index contributed by atoms with van der Waals surface area (Å²) in [5.74, 6) is 3.79. The maximum Gasteiger partial charge on any atom is 0.104 e. The van der Waals surface area contributed by atoms with E-state index in [1.165, 1.54) is 37.2 Å². The van der Waals surface area contributed by atoms with Gasteiger partial charge in [0.15, 0.2) is 0 Å². The molecule has 1 aliphatic carbocycles. The normalized spacial score (nSPS) is 25.3. The van der Waals surface area contributed by atoms with E-state index in [0.717, 1.165) is 25.7 Å². The van der Waals surface area contributed by atoms with Crippen LogP contribution in [0.15, 0.2) is 0 Å². The summed E-state index contributed by atoms with van der Waals surface area (Å²) in [5.41, 5.74) is 0. The minimum Gasteiger partial charge on any atom is -0.379 e. The van der Waals surface area contributed by atoms with Gasteiger partial charge < -0.3 is 9.47 Å². The smallest absolute Gasteiger partial charge is 0.104 e. The lowest BCUT2D eigenvalue weighted by molar-refractivity contribution is 0.114. The van der Waals surface area contributed by atoms with Crippen LogP contribution in [-0.4, -0.2) is 37.4 Å². The Morgan fingerprint density at radius 1 is 1.29 bits per heavy atom. The van der Waals surface area contributed by atoms with Crippen molar-refractivity contribution in [1.29, 1.82) is 0 Å². The molecule has 1 heterocycles. The zero-order valence-corrected chi connectivity index (χ0v) is 9.56. The van der Waals surface area contributed by atoms with E-state index in [1.807, 2.05) is 0 Å². The number of epoxide rings is 1. The Hall–Kier alpha value is 0.270. The van der Waals surface area contributed by atoms with Crippen molar-refractivity contribution in [1.82, 2.24) is 0 Å². The Balaban J connectivity index is 1.25. The Kier molecular flexibility index (Phi) is 4.61. The van der Waals surface area contributed by atoms with Gasteiger partial charge in [0.05, 0.1) is 13.2 Å². The third-order valence-corrected chi connectivity index (χ3v) is 3.87. The molecule has 0 radical (unpaired) electrons. The molecule has 0 aromatic heterocycles. The molecular weight excluding hydrogens is 196 g/mol. The predicted octanol–water partition coefficient (Wildman–Crippen LogP) is 2.33. The van der Waals surface area contributed by atoms with E-state index >= 15 is 0 Å². The summed E-state index contributed by atoms with van der Waals surface area (Å²) in [6, 6.07) is 0. The lowest BCUT2D eigenvalue weighted by atomic mass is 10.3. The van der Waals surface area contributed by atoms with E-state index < -0.39 is 0 Å². The van der Waals surface area contributed by atoms with Gasteiger partial charge in [-0.05, 0) is 43.1 Å². The van der Waals surface area contributed by atoms with Crippen molar-refractivity contribution in [2.75, 3.05) is 31.3 Å². The van der Waals surface area contributed by atoms with Crippen molar-refractivity contribution < 1.29 is 9.47 Å². The van der Waals surface area contributed by atoms with Gasteiger partial charge in [0.1, 0.15) is 6.10 Å². The first-order valence-electron chi connectivity index (χ1n) is 5.72. The summed E-state index contributed by atoms with van der Waals surface area (Å²) in [6.45, 7) is 2.65. The molecule has 0 amide bonds. The average molecular weight is 216 g/mol. The van der Waals surface area contributed by atoms with Gasteiger partial charge in [0, 0.05) is 6.61 Å². The SMILES string of the molecule is C(CCSCC1CC1)COCC1CO1. The summed E-state index contributed by atoms with van der Waals surface area (Å²) in [6.07, 6.45) is 5.92. The van der Waals surface area contributed by atoms with E-state index in [4.69, 9.17) is 9.47 Å². The second-order valence-corrected chi connectivity index (χ2v) is 5.41. The molecule has 0 bridgehead atoms. The van der Waals surface area contributed by atoms with Gasteiger partial charge in [0.25, 0.3) is 0 Å². The molecule has 82 valence electrons. The lowest BCUT2D eigenvalue weighted by Gasteiger charge is -2.02. The number of hydrogen-bond donors (Lipinski definition) is 0. The molecule has 0 spiro atoms. The zero-order valence-electron chi connectivity index (χ0n) is 8.74. The van der Waals surface area contributed by atoms with Crippen LogP contribution < -0.4 is 0 Å². The summed E-state index contributed by atoms with van der Waals surface area (Å²) < 4.78 is 10.5. The Morgan fingerprint density at radius 3 is 2.86 bits per heavy atom. The minimum atomic E-state index is 0.430. The second-order valence-electron chi connectivity index (χ2n) is 4.26. The number of unbranched alkanes of at least 4 members (excludes halogenated alkanes) is 1. The average Bonchev–Trinajstić information content (AvgIpc) is 3.00. The molecule has 14 heavy (non-hydrogen) atoms. The number of ether oxygens (including phenoxy) is 2. The van der Waals surface area contributed by atoms with E-state index in [1.54, 1.807) is 0 Å². The van der Waals surface area contributed by atoms with E-state index in [9.17, 15) is 0 Å². The molecule has 2 aliphatic rings. The van der Waals surface area contributed by atoms with Gasteiger partial charge in [-0.2, -0.15) is 11.8 Å². The van der Waals surface area contributed by atoms with Gasteiger partial charge in [-0.3, -0.25) is 0 Å². The van der Waals surface area contributed by atoms with Gasteiger partial charge in [0.2, 0.25) is 0 Å². The zero-order chi connectivity index (χ0) is 9.64. The highest BCUT2D eigenvalue weighted by atomic mass is 32.2. The number of thioether (sulfide) groups is 1. The van der Waals surface area contributed by atoms with E-state index in [-0.39, 0.29) is 0 Å². The van der Waals surface area contributed by atoms with Crippen LogP contribution in [0.2, 0.25) is 0 Å². The van der Waals surface area contributed by atoms with Crippen LogP contribution in [0, 0.1) is 5.92 Å². The maximum atomic E-state index is 5.46. The van der Waals surface area contributed by atoms with Crippen molar-refractivity contribution in [3.8, 4) is 0 Å². The minimum absolute atomic E-state index is 0.430. The van der Waals surface area contributed by atoms with Gasteiger partial charge in [-0.25, -0.2) is 0 Å². The number of rotatable bonds is 9. The van der Waals surface area contributed by atoms with Crippen LogP contribution in [0.4, 0.5) is 0 Å². The van der Waals surface area contributed by atoms with Crippen LogP contribution in [0.1, 0.15) is 25.7 Å². The van der Waals surface area contributed by atoms with Crippen molar-refractivity contribution in [3.63, 3.8) is 0 Å². The molecule has 0 aromatic carbocycles. The first kappa shape index (κ1) is 10.8. The third kappa shape index (κ3) is 5.23. The highest BCUT2D eigenvalue weighted by Gasteiger charge is 2.22.